The van der Waals surface area contributed by atoms with Crippen molar-refractivity contribution in [1.82, 2.24) is 19.7 Å². The Morgan fingerprint density at radius 2 is 2.09 bits per heavy atom. The van der Waals surface area contributed by atoms with Crippen molar-refractivity contribution in [2.45, 2.75) is 0 Å². The molecule has 6 nitrogen and oxygen atoms in total. The molecule has 0 unspecified atom stereocenters. The van der Waals surface area contributed by atoms with Crippen LogP contribution in [-0.2, 0) is 7.05 Å². The maximum absolute atomic E-state index is 12.3. The predicted octanol–water partition coefficient (Wildman–Crippen LogP) is 2.89. The van der Waals surface area contributed by atoms with Crippen molar-refractivity contribution in [3.05, 3.63) is 59.1 Å². The van der Waals surface area contributed by atoms with E-state index < -0.39 is 0 Å². The molecular formula is C15H12BrN5O. The summed E-state index contributed by atoms with van der Waals surface area (Å²) in [6, 6.07) is 10.7. The Balaban J connectivity index is 1.92. The van der Waals surface area contributed by atoms with E-state index in [2.05, 4.69) is 36.3 Å². The van der Waals surface area contributed by atoms with Crippen LogP contribution in [0.3, 0.4) is 0 Å². The highest BCUT2D eigenvalue weighted by molar-refractivity contribution is 9.10. The van der Waals surface area contributed by atoms with Crippen LogP contribution < -0.4 is 5.32 Å². The second kappa shape index (κ2) is 6.07. The topological polar surface area (TPSA) is 72.7 Å². The summed E-state index contributed by atoms with van der Waals surface area (Å²) in [4.78, 5) is 20.7. The molecule has 0 aromatic carbocycles. The maximum atomic E-state index is 12.3. The van der Waals surface area contributed by atoms with Crippen molar-refractivity contribution in [3.8, 4) is 11.4 Å². The first kappa shape index (κ1) is 14.4. The fraction of sp³-hybridized carbons (Fsp3) is 0.0667. The third-order valence-corrected chi connectivity index (χ3v) is 3.37. The second-order valence-corrected chi connectivity index (χ2v) is 5.39. The molecule has 1 N–H and O–H groups in total. The molecule has 0 fully saturated rings. The molecule has 22 heavy (non-hydrogen) atoms. The Morgan fingerprint density at radius 1 is 1.23 bits per heavy atom. The molecule has 0 spiro atoms. The van der Waals surface area contributed by atoms with Crippen LogP contribution in [0.2, 0.25) is 0 Å². The van der Waals surface area contributed by atoms with E-state index in [-0.39, 0.29) is 5.91 Å². The monoisotopic (exact) mass is 357 g/mol. The molecule has 3 heterocycles. The maximum Gasteiger partial charge on any atom is 0.274 e. The van der Waals surface area contributed by atoms with E-state index in [0.717, 1.165) is 0 Å². The lowest BCUT2D eigenvalue weighted by Crippen LogP contribution is -2.13. The van der Waals surface area contributed by atoms with Crippen LogP contribution in [0.25, 0.3) is 11.4 Å². The Labute approximate surface area is 135 Å². The van der Waals surface area contributed by atoms with Gasteiger partial charge in [0, 0.05) is 19.4 Å². The molecule has 0 atom stereocenters. The van der Waals surface area contributed by atoms with Gasteiger partial charge >= 0.3 is 0 Å². The Hall–Kier alpha value is -2.54. The van der Waals surface area contributed by atoms with E-state index in [0.29, 0.717) is 27.4 Å². The molecule has 0 bridgehead atoms. The van der Waals surface area contributed by atoms with Gasteiger partial charge in [-0.3, -0.25) is 14.5 Å². The lowest BCUT2D eigenvalue weighted by atomic mass is 10.2. The van der Waals surface area contributed by atoms with Crippen LogP contribution in [0.15, 0.2) is 53.4 Å². The molecule has 0 aliphatic rings. The zero-order chi connectivity index (χ0) is 15.5. The number of hydrogen-bond acceptors (Lipinski definition) is 4. The SMILES string of the molecule is Cn1cc(NC(=O)c2cccc(Br)n2)c(-c2ccccn2)n1. The molecule has 0 saturated carbocycles. The van der Waals surface area contributed by atoms with E-state index in [1.165, 1.54) is 0 Å². The fourth-order valence-corrected chi connectivity index (χ4v) is 2.34. The second-order valence-electron chi connectivity index (χ2n) is 4.58. The van der Waals surface area contributed by atoms with Crippen LogP contribution in [0.1, 0.15) is 10.5 Å². The molecule has 3 aromatic rings. The summed E-state index contributed by atoms with van der Waals surface area (Å²) in [5.74, 6) is -0.300. The van der Waals surface area contributed by atoms with Gasteiger partial charge in [-0.2, -0.15) is 5.10 Å². The zero-order valence-corrected chi connectivity index (χ0v) is 13.3. The minimum absolute atomic E-state index is 0.300. The van der Waals surface area contributed by atoms with E-state index in [1.807, 2.05) is 18.2 Å². The van der Waals surface area contributed by atoms with Crippen LogP contribution in [0, 0.1) is 0 Å². The van der Waals surface area contributed by atoms with Gasteiger partial charge in [-0.1, -0.05) is 12.1 Å². The molecule has 0 aliphatic heterocycles. The quantitative estimate of drug-likeness (QED) is 0.731. The molecular weight excluding hydrogens is 346 g/mol. The summed E-state index contributed by atoms with van der Waals surface area (Å²) in [5.41, 5.74) is 2.23. The van der Waals surface area contributed by atoms with Crippen molar-refractivity contribution in [2.24, 2.45) is 7.05 Å². The molecule has 1 amide bonds. The van der Waals surface area contributed by atoms with Gasteiger partial charge in [-0.05, 0) is 40.2 Å². The fourth-order valence-electron chi connectivity index (χ4n) is 1.99. The number of nitrogens with one attached hydrogen (secondary N) is 1. The minimum Gasteiger partial charge on any atom is -0.317 e. The van der Waals surface area contributed by atoms with Gasteiger partial charge in [0.1, 0.15) is 16.0 Å². The Morgan fingerprint density at radius 3 is 2.82 bits per heavy atom. The van der Waals surface area contributed by atoms with Gasteiger partial charge in [0.25, 0.3) is 5.91 Å². The Bertz CT molecular complexity index is 816. The van der Waals surface area contributed by atoms with Crippen molar-refractivity contribution < 1.29 is 4.79 Å². The van der Waals surface area contributed by atoms with Gasteiger partial charge in [-0.25, -0.2) is 4.98 Å². The number of rotatable bonds is 3. The first-order chi connectivity index (χ1) is 10.6. The number of nitrogens with zero attached hydrogens (tertiary/aromatic N) is 4. The summed E-state index contributed by atoms with van der Waals surface area (Å²) >= 11 is 3.25. The van der Waals surface area contributed by atoms with Crippen molar-refractivity contribution in [1.29, 1.82) is 0 Å². The highest BCUT2D eigenvalue weighted by atomic mass is 79.9. The number of halogens is 1. The summed E-state index contributed by atoms with van der Waals surface area (Å²) in [6.07, 6.45) is 3.42. The average Bonchev–Trinajstić information content (AvgIpc) is 2.88. The lowest BCUT2D eigenvalue weighted by Gasteiger charge is -2.04. The number of carbonyl (C=O) groups excluding carboxylic acids is 1. The van der Waals surface area contributed by atoms with E-state index in [1.54, 1.807) is 42.3 Å². The number of hydrogen-bond donors (Lipinski definition) is 1. The number of carbonyl (C=O) groups is 1. The summed E-state index contributed by atoms with van der Waals surface area (Å²) in [7, 11) is 1.79. The zero-order valence-electron chi connectivity index (χ0n) is 11.7. The molecule has 110 valence electrons. The number of aryl methyl sites for hydroxylation is 1. The molecule has 0 radical (unpaired) electrons. The first-order valence-corrected chi connectivity index (χ1v) is 7.32. The highest BCUT2D eigenvalue weighted by Crippen LogP contribution is 2.24. The normalized spacial score (nSPS) is 10.5. The molecule has 3 rings (SSSR count). The van der Waals surface area contributed by atoms with Gasteiger partial charge in [-0.15, -0.1) is 0 Å². The smallest absolute Gasteiger partial charge is 0.274 e. The van der Waals surface area contributed by atoms with E-state index in [4.69, 9.17) is 0 Å². The minimum atomic E-state index is -0.300. The highest BCUT2D eigenvalue weighted by Gasteiger charge is 2.15. The van der Waals surface area contributed by atoms with Crippen LogP contribution >= 0.6 is 15.9 Å². The van der Waals surface area contributed by atoms with Crippen molar-refractivity contribution in [3.63, 3.8) is 0 Å². The van der Waals surface area contributed by atoms with Crippen molar-refractivity contribution >= 4 is 27.5 Å². The van der Waals surface area contributed by atoms with Crippen LogP contribution in [-0.4, -0.2) is 25.7 Å². The average molecular weight is 358 g/mol. The van der Waals surface area contributed by atoms with E-state index in [9.17, 15) is 4.79 Å². The number of anilines is 1. The van der Waals surface area contributed by atoms with Gasteiger partial charge in [0.2, 0.25) is 0 Å². The van der Waals surface area contributed by atoms with E-state index >= 15 is 0 Å². The van der Waals surface area contributed by atoms with Gasteiger partial charge in [0.05, 0.1) is 11.4 Å². The number of pyridine rings is 2. The number of aromatic nitrogens is 4. The molecule has 7 heteroatoms. The summed E-state index contributed by atoms with van der Waals surface area (Å²) in [6.45, 7) is 0. The molecule has 0 aliphatic carbocycles. The molecule has 0 saturated heterocycles. The van der Waals surface area contributed by atoms with Gasteiger partial charge < -0.3 is 5.32 Å². The number of amides is 1. The largest absolute Gasteiger partial charge is 0.317 e. The standard InChI is InChI=1S/C15H12BrN5O/c1-21-9-12(14(20-21)10-5-2-3-8-17-10)19-15(22)11-6-4-7-13(16)18-11/h2-9H,1H3,(H,19,22). The van der Waals surface area contributed by atoms with Crippen LogP contribution in [0.4, 0.5) is 5.69 Å². The Kier molecular flexibility index (Phi) is 3.97. The third-order valence-electron chi connectivity index (χ3n) is 2.93. The van der Waals surface area contributed by atoms with Crippen LogP contribution in [0.5, 0.6) is 0 Å². The van der Waals surface area contributed by atoms with Crippen molar-refractivity contribution in [2.75, 3.05) is 5.32 Å². The third kappa shape index (κ3) is 3.04. The first-order valence-electron chi connectivity index (χ1n) is 6.52. The van der Waals surface area contributed by atoms with Gasteiger partial charge in [0.15, 0.2) is 0 Å². The predicted molar refractivity (Wildman–Crippen MR) is 86.3 cm³/mol. The summed E-state index contributed by atoms with van der Waals surface area (Å²) < 4.78 is 2.24. The summed E-state index contributed by atoms with van der Waals surface area (Å²) in [5, 5.41) is 7.18. The lowest BCUT2D eigenvalue weighted by molar-refractivity contribution is 0.102. The molecule has 3 aromatic heterocycles.